The van der Waals surface area contributed by atoms with Crippen molar-refractivity contribution < 1.29 is 23.5 Å². The summed E-state index contributed by atoms with van der Waals surface area (Å²) in [6, 6.07) is 7.62. The monoisotopic (exact) mass is 493 g/mol. The zero-order valence-corrected chi connectivity index (χ0v) is 21.2. The van der Waals surface area contributed by atoms with Gasteiger partial charge >= 0.3 is 12.0 Å². The Kier molecular flexibility index (Phi) is 9.32. The van der Waals surface area contributed by atoms with Gasteiger partial charge in [0.2, 0.25) is 0 Å². The van der Waals surface area contributed by atoms with E-state index < -0.39 is 28.4 Å². The van der Waals surface area contributed by atoms with Crippen LogP contribution in [0, 0.1) is 23.5 Å². The van der Waals surface area contributed by atoms with E-state index in [1.165, 1.54) is 0 Å². The van der Waals surface area contributed by atoms with Gasteiger partial charge in [-0.1, -0.05) is 27.7 Å². The van der Waals surface area contributed by atoms with Crippen LogP contribution in [-0.2, 0) is 4.79 Å². The zero-order chi connectivity index (χ0) is 25.6. The number of aliphatic carboxylic acids is 1. The van der Waals surface area contributed by atoms with Crippen LogP contribution in [0.4, 0.5) is 30.6 Å². The highest BCUT2D eigenvalue weighted by Crippen LogP contribution is 2.38. The minimum atomic E-state index is -1.08. The quantitative estimate of drug-likeness (QED) is 0.322. The standard InChI is InChI=1S/C25H33F2N3O3S/c1-15(2)13-30(14-16(3)4)22-10-8-18(34-25(5,6)23(31)32)12-21(22)29-24(33)28-20-9-7-17(26)11-19(20)27/h7-12,15-16H,13-14H2,1-6H3,(H,31,32)(H2,28,29,33). The van der Waals surface area contributed by atoms with E-state index in [0.717, 1.165) is 42.7 Å². The van der Waals surface area contributed by atoms with Gasteiger partial charge in [-0.15, -0.1) is 11.8 Å². The van der Waals surface area contributed by atoms with E-state index >= 15 is 0 Å². The smallest absolute Gasteiger partial charge is 0.323 e. The van der Waals surface area contributed by atoms with Crippen LogP contribution in [0.5, 0.6) is 0 Å². The summed E-state index contributed by atoms with van der Waals surface area (Å²) in [4.78, 5) is 27.2. The Bertz CT molecular complexity index is 1020. The van der Waals surface area contributed by atoms with Crippen LogP contribution in [0.1, 0.15) is 41.5 Å². The van der Waals surface area contributed by atoms with Gasteiger partial charge in [-0.3, -0.25) is 4.79 Å². The fourth-order valence-electron chi connectivity index (χ4n) is 3.31. The van der Waals surface area contributed by atoms with E-state index in [9.17, 15) is 23.5 Å². The Labute approximate surface area is 204 Å². The number of halogens is 2. The summed E-state index contributed by atoms with van der Waals surface area (Å²) < 4.78 is 26.1. The van der Waals surface area contributed by atoms with E-state index in [1.54, 1.807) is 19.9 Å². The SMILES string of the molecule is CC(C)CN(CC(C)C)c1ccc(SC(C)(C)C(=O)O)cc1NC(=O)Nc1ccc(F)cc1F. The minimum absolute atomic E-state index is 0.154. The molecule has 0 radical (unpaired) electrons. The number of nitrogens with one attached hydrogen (secondary N) is 2. The fraction of sp³-hybridized carbons (Fsp3) is 0.440. The molecule has 0 bridgehead atoms. The summed E-state index contributed by atoms with van der Waals surface area (Å²) in [5.74, 6) is -1.87. The molecule has 2 rings (SSSR count). The Hall–Kier alpha value is -2.81. The average Bonchev–Trinajstić information content (AvgIpc) is 2.68. The van der Waals surface area contributed by atoms with Gasteiger partial charge in [-0.2, -0.15) is 0 Å². The molecular formula is C25H33F2N3O3S. The molecule has 2 amide bonds. The first-order valence-corrected chi connectivity index (χ1v) is 11.9. The molecule has 0 heterocycles. The normalized spacial score (nSPS) is 11.6. The van der Waals surface area contributed by atoms with Crippen molar-refractivity contribution in [1.29, 1.82) is 0 Å². The van der Waals surface area contributed by atoms with E-state index in [1.807, 2.05) is 12.1 Å². The van der Waals surface area contributed by atoms with Crippen LogP contribution in [0.15, 0.2) is 41.3 Å². The van der Waals surface area contributed by atoms with Gasteiger partial charge < -0.3 is 20.6 Å². The summed E-state index contributed by atoms with van der Waals surface area (Å²) in [5, 5.41) is 14.7. The molecule has 0 saturated heterocycles. The van der Waals surface area contributed by atoms with Crippen LogP contribution >= 0.6 is 11.8 Å². The number of carbonyl (C=O) groups excluding carboxylic acids is 1. The first-order chi connectivity index (χ1) is 15.8. The number of rotatable bonds is 10. The van der Waals surface area contributed by atoms with Crippen LogP contribution in [0.25, 0.3) is 0 Å². The largest absolute Gasteiger partial charge is 0.480 e. The van der Waals surface area contributed by atoms with E-state index in [0.29, 0.717) is 28.5 Å². The Balaban J connectivity index is 2.42. The molecule has 0 aliphatic heterocycles. The van der Waals surface area contributed by atoms with E-state index in [4.69, 9.17) is 0 Å². The van der Waals surface area contributed by atoms with Crippen LogP contribution in [0.3, 0.4) is 0 Å². The summed E-state index contributed by atoms with van der Waals surface area (Å²) in [5.41, 5.74) is 1.08. The van der Waals surface area contributed by atoms with Crippen molar-refractivity contribution in [2.24, 2.45) is 11.8 Å². The summed E-state index contributed by atoms with van der Waals surface area (Å²) in [6.07, 6.45) is 0. The number of urea groups is 1. The van der Waals surface area contributed by atoms with Gasteiger partial charge in [-0.25, -0.2) is 13.6 Å². The summed E-state index contributed by atoms with van der Waals surface area (Å²) >= 11 is 1.16. The Morgan fingerprint density at radius 3 is 2.09 bits per heavy atom. The molecule has 186 valence electrons. The molecule has 6 nitrogen and oxygen atoms in total. The molecule has 0 spiro atoms. The molecule has 0 unspecified atom stereocenters. The second-order valence-electron chi connectivity index (χ2n) is 9.49. The number of thioether (sulfide) groups is 1. The third-order valence-electron chi connectivity index (χ3n) is 4.80. The van der Waals surface area contributed by atoms with Crippen molar-refractivity contribution in [2.45, 2.75) is 51.2 Å². The molecule has 9 heteroatoms. The minimum Gasteiger partial charge on any atom is -0.480 e. The first kappa shape index (κ1) is 27.4. The number of anilines is 3. The highest BCUT2D eigenvalue weighted by atomic mass is 32.2. The molecule has 0 atom stereocenters. The number of hydrogen-bond donors (Lipinski definition) is 3. The Morgan fingerprint density at radius 2 is 1.56 bits per heavy atom. The fourth-order valence-corrected chi connectivity index (χ4v) is 4.30. The van der Waals surface area contributed by atoms with Gasteiger partial charge in [0.05, 0.1) is 17.1 Å². The third kappa shape index (κ3) is 7.90. The molecule has 2 aromatic carbocycles. The number of amides is 2. The third-order valence-corrected chi connectivity index (χ3v) is 5.97. The number of nitrogens with zero attached hydrogens (tertiary/aromatic N) is 1. The second kappa shape index (κ2) is 11.6. The Morgan fingerprint density at radius 1 is 0.971 bits per heavy atom. The maximum Gasteiger partial charge on any atom is 0.323 e. The predicted molar refractivity (Wildman–Crippen MR) is 135 cm³/mol. The second-order valence-corrected chi connectivity index (χ2v) is 11.2. The number of carbonyl (C=O) groups is 2. The maximum atomic E-state index is 14.0. The molecule has 34 heavy (non-hydrogen) atoms. The van der Waals surface area contributed by atoms with E-state index in [2.05, 4.69) is 43.2 Å². The van der Waals surface area contributed by atoms with Gasteiger partial charge in [0.1, 0.15) is 16.4 Å². The lowest BCUT2D eigenvalue weighted by atomic mass is 10.1. The molecular weight excluding hydrogens is 460 g/mol. The molecule has 0 aromatic heterocycles. The molecule has 0 aliphatic rings. The van der Waals surface area contributed by atoms with E-state index in [-0.39, 0.29) is 5.69 Å². The number of hydrogen-bond acceptors (Lipinski definition) is 4. The van der Waals surface area contributed by atoms with Crippen LogP contribution in [-0.4, -0.2) is 34.9 Å². The lowest BCUT2D eigenvalue weighted by Gasteiger charge is -2.31. The average molecular weight is 494 g/mol. The van der Waals surface area contributed by atoms with Gasteiger partial charge in [-0.05, 0) is 56.0 Å². The van der Waals surface area contributed by atoms with Gasteiger partial charge in [0, 0.05) is 24.1 Å². The van der Waals surface area contributed by atoms with Crippen LogP contribution < -0.4 is 15.5 Å². The van der Waals surface area contributed by atoms with Crippen molar-refractivity contribution in [3.8, 4) is 0 Å². The van der Waals surface area contributed by atoms with Crippen molar-refractivity contribution in [1.82, 2.24) is 0 Å². The number of carboxylic acid groups (broad SMARTS) is 1. The van der Waals surface area contributed by atoms with Crippen LogP contribution in [0.2, 0.25) is 0 Å². The van der Waals surface area contributed by atoms with Crippen molar-refractivity contribution in [3.63, 3.8) is 0 Å². The van der Waals surface area contributed by atoms with Gasteiger partial charge in [0.25, 0.3) is 0 Å². The topological polar surface area (TPSA) is 81.7 Å². The lowest BCUT2D eigenvalue weighted by molar-refractivity contribution is -0.138. The maximum absolute atomic E-state index is 14.0. The highest BCUT2D eigenvalue weighted by Gasteiger charge is 2.29. The molecule has 2 aromatic rings. The first-order valence-electron chi connectivity index (χ1n) is 11.1. The number of carboxylic acids is 1. The number of benzene rings is 2. The van der Waals surface area contributed by atoms with Crippen molar-refractivity contribution in [2.75, 3.05) is 28.6 Å². The molecule has 0 saturated carbocycles. The molecule has 0 fully saturated rings. The van der Waals surface area contributed by atoms with Crippen molar-refractivity contribution in [3.05, 3.63) is 48.0 Å². The molecule has 0 aliphatic carbocycles. The van der Waals surface area contributed by atoms with Crippen molar-refractivity contribution >= 4 is 40.8 Å². The summed E-state index contributed by atoms with van der Waals surface area (Å²) in [6.45, 7) is 13.1. The van der Waals surface area contributed by atoms with Gasteiger partial charge in [0.15, 0.2) is 0 Å². The highest BCUT2D eigenvalue weighted by molar-refractivity contribution is 8.01. The lowest BCUT2D eigenvalue weighted by Crippen LogP contribution is -2.32. The summed E-state index contributed by atoms with van der Waals surface area (Å²) in [7, 11) is 0. The predicted octanol–water partition coefficient (Wildman–Crippen LogP) is 6.68. The zero-order valence-electron chi connectivity index (χ0n) is 20.4. The molecule has 3 N–H and O–H groups in total.